The Hall–Kier alpha value is 0.0400. The summed E-state index contributed by atoms with van der Waals surface area (Å²) in [6.45, 7) is 12.0. The molecule has 0 aromatic carbocycles. The lowest BCUT2D eigenvalue weighted by atomic mass is 9.43. The third-order valence-electron chi connectivity index (χ3n) is 12.5. The van der Waals surface area contributed by atoms with Crippen LogP contribution in [0, 0.1) is 46.3 Å². The molecule has 1 amide bonds. The van der Waals surface area contributed by atoms with Crippen molar-refractivity contribution >= 4 is 5.91 Å². The summed E-state index contributed by atoms with van der Waals surface area (Å²) in [5.74, 6) is 2.16. The molecule has 4 unspecified atom stereocenters. The number of unbranched alkanes of at least 4 members (excludes halogenated alkanes) is 1. The second-order valence-corrected chi connectivity index (χ2v) is 15.1. The van der Waals surface area contributed by atoms with E-state index >= 15 is 0 Å². The zero-order valence-electron chi connectivity index (χ0n) is 25.7. The number of carbonyl (C=O) groups excluding carboxylic acids is 1. The van der Waals surface area contributed by atoms with Crippen molar-refractivity contribution in [3.63, 3.8) is 0 Å². The summed E-state index contributed by atoms with van der Waals surface area (Å²) in [4.78, 5) is 12.7. The monoisotopic (exact) mass is 662 g/mol. The van der Waals surface area contributed by atoms with Crippen LogP contribution in [-0.2, 0) is 4.79 Å². The molecule has 4 fully saturated rings. The number of aliphatic hydroxyl groups excluding tert-OH is 3. The number of fused-ring (bicyclic) bond motifs is 5. The van der Waals surface area contributed by atoms with Crippen LogP contribution in [-0.4, -0.2) is 77.8 Å². The van der Waals surface area contributed by atoms with Gasteiger partial charge in [0, 0.05) is 6.42 Å². The molecule has 4 rings (SSSR count). The first-order valence-corrected chi connectivity index (χ1v) is 16.0. The number of hydrogen-bond acceptors (Lipinski definition) is 4. The Bertz CT molecular complexity index is 826. The first kappa shape index (κ1) is 33.5. The minimum Gasteiger partial charge on any atom is -1.00 e. The van der Waals surface area contributed by atoms with Gasteiger partial charge in [0.05, 0.1) is 52.0 Å². The lowest BCUT2D eigenvalue weighted by Gasteiger charge is -2.63. The van der Waals surface area contributed by atoms with Gasteiger partial charge >= 0.3 is 0 Å². The van der Waals surface area contributed by atoms with E-state index in [-0.39, 0.29) is 64.9 Å². The van der Waals surface area contributed by atoms with Crippen LogP contribution >= 0.6 is 0 Å². The van der Waals surface area contributed by atoms with Crippen LogP contribution in [0.2, 0.25) is 0 Å². The lowest BCUT2D eigenvalue weighted by Crippen LogP contribution is -3.00. The van der Waals surface area contributed by atoms with Crippen molar-refractivity contribution in [3.05, 3.63) is 0 Å². The van der Waals surface area contributed by atoms with E-state index in [1.54, 1.807) is 0 Å². The number of carbonyl (C=O) groups is 1. The summed E-state index contributed by atoms with van der Waals surface area (Å²) < 4.78 is 0.943. The Morgan fingerprint density at radius 1 is 1.03 bits per heavy atom. The highest BCUT2D eigenvalue weighted by molar-refractivity contribution is 5.75. The predicted octanol–water partition coefficient (Wildman–Crippen LogP) is 1.36. The average molecular weight is 663 g/mol. The molecule has 6 nitrogen and oxygen atoms in total. The van der Waals surface area contributed by atoms with Gasteiger partial charge in [-0.3, -0.25) is 4.79 Å². The Kier molecular flexibility index (Phi) is 11.3. The molecule has 0 aliphatic heterocycles. The number of hydrogen-bond donors (Lipinski definition) is 4. The van der Waals surface area contributed by atoms with Crippen LogP contribution in [0.5, 0.6) is 0 Å². The molecule has 4 N–H and O–H groups in total. The van der Waals surface area contributed by atoms with Crippen LogP contribution in [0.1, 0.15) is 98.3 Å². The minimum absolute atomic E-state index is 0. The van der Waals surface area contributed by atoms with Crippen molar-refractivity contribution in [2.24, 2.45) is 46.3 Å². The summed E-state index contributed by atoms with van der Waals surface area (Å²) in [5.41, 5.74) is -0.0900. The standard InChI is InChI=1S/C32H58N2O4.HI/c1-7-8-16-34(5,6)17-15-33-29(38)12-9-21(2)24-10-11-25-30-26(20-28(37)32(24,25)4)31(3)14-13-23(35)18-22(31)19-27(30)36;/h21-28,30,35-37H,7-20H2,1-6H3;1H/t21-,22?,23-,24-,25?,26?,27-,28+,30?,31+,32-;/m1./s1. The van der Waals surface area contributed by atoms with Gasteiger partial charge in [-0.25, -0.2) is 0 Å². The smallest absolute Gasteiger partial charge is 0.220 e. The topological polar surface area (TPSA) is 89.8 Å². The first-order valence-electron chi connectivity index (χ1n) is 16.0. The molecule has 0 bridgehead atoms. The van der Waals surface area contributed by atoms with Crippen molar-refractivity contribution in [3.8, 4) is 0 Å². The Labute approximate surface area is 255 Å². The fourth-order valence-corrected chi connectivity index (χ4v) is 9.98. The molecule has 0 spiro atoms. The van der Waals surface area contributed by atoms with Crippen molar-refractivity contribution < 1.29 is 48.6 Å². The number of halogens is 1. The van der Waals surface area contributed by atoms with E-state index in [4.69, 9.17) is 0 Å². The number of likely N-dealkylation sites (N-methyl/N-ethyl adjacent to an activating group) is 1. The minimum atomic E-state index is -0.365. The van der Waals surface area contributed by atoms with E-state index in [0.29, 0.717) is 36.0 Å². The molecule has 0 radical (unpaired) electrons. The molecule has 7 heteroatoms. The van der Waals surface area contributed by atoms with Crippen molar-refractivity contribution in [2.45, 2.75) is 117 Å². The fraction of sp³-hybridized carbons (Fsp3) is 0.969. The van der Waals surface area contributed by atoms with Gasteiger partial charge in [0.15, 0.2) is 0 Å². The normalized spacial score (nSPS) is 42.5. The zero-order chi connectivity index (χ0) is 27.9. The SMILES string of the molecule is CCCC[N+](C)(C)CCNC(=O)CC[C@@H](C)[C@H]1CCC2C3C(C[C@H](O)[C@@]21C)[C@@]1(C)CC[C@@H](O)CC1C[C@H]3O.[I-]. The first-order chi connectivity index (χ1) is 17.8. The number of quaternary nitrogens is 1. The maximum atomic E-state index is 12.7. The van der Waals surface area contributed by atoms with Crippen LogP contribution in [0.15, 0.2) is 0 Å². The van der Waals surface area contributed by atoms with Gasteiger partial charge in [-0.05, 0) is 104 Å². The van der Waals surface area contributed by atoms with Gasteiger partial charge in [-0.15, -0.1) is 0 Å². The molecular weight excluding hydrogens is 603 g/mol. The average Bonchev–Trinajstić information content (AvgIpc) is 3.21. The summed E-state index contributed by atoms with van der Waals surface area (Å²) in [5, 5.41) is 36.7. The Morgan fingerprint density at radius 2 is 1.74 bits per heavy atom. The van der Waals surface area contributed by atoms with E-state index in [9.17, 15) is 20.1 Å². The van der Waals surface area contributed by atoms with Crippen LogP contribution < -0.4 is 29.3 Å². The molecule has 39 heavy (non-hydrogen) atoms. The maximum absolute atomic E-state index is 12.7. The van der Waals surface area contributed by atoms with E-state index in [0.717, 1.165) is 75.5 Å². The maximum Gasteiger partial charge on any atom is 0.220 e. The van der Waals surface area contributed by atoms with E-state index in [2.05, 4.69) is 47.1 Å². The number of nitrogens with zero attached hydrogens (tertiary/aromatic N) is 1. The van der Waals surface area contributed by atoms with Crippen LogP contribution in [0.4, 0.5) is 0 Å². The largest absolute Gasteiger partial charge is 1.00 e. The number of rotatable bonds is 10. The molecule has 0 heterocycles. The number of amides is 1. The molecule has 4 aliphatic carbocycles. The molecule has 11 atom stereocenters. The summed E-state index contributed by atoms with van der Waals surface area (Å²) in [7, 11) is 4.48. The predicted molar refractivity (Wildman–Crippen MR) is 152 cm³/mol. The van der Waals surface area contributed by atoms with Crippen molar-refractivity contribution in [1.29, 1.82) is 0 Å². The summed E-state index contributed by atoms with van der Waals surface area (Å²) >= 11 is 0. The van der Waals surface area contributed by atoms with Gasteiger partial charge in [0.25, 0.3) is 0 Å². The van der Waals surface area contributed by atoms with Gasteiger partial charge in [0.1, 0.15) is 0 Å². The van der Waals surface area contributed by atoms with E-state index in [1.165, 1.54) is 12.8 Å². The molecule has 4 aliphatic rings. The van der Waals surface area contributed by atoms with Gasteiger partial charge in [-0.1, -0.05) is 34.1 Å². The lowest BCUT2D eigenvalue weighted by molar-refractivity contribution is -0.889. The van der Waals surface area contributed by atoms with Crippen molar-refractivity contribution in [1.82, 2.24) is 5.32 Å². The fourth-order valence-electron chi connectivity index (χ4n) is 9.98. The highest BCUT2D eigenvalue weighted by Gasteiger charge is 2.65. The summed E-state index contributed by atoms with van der Waals surface area (Å²) in [6.07, 6.45) is 9.26. The second kappa shape index (κ2) is 13.1. The van der Waals surface area contributed by atoms with Gasteiger partial charge in [0.2, 0.25) is 5.91 Å². The quantitative estimate of drug-likeness (QED) is 0.210. The second-order valence-electron chi connectivity index (χ2n) is 15.1. The van der Waals surface area contributed by atoms with Gasteiger partial charge < -0.3 is 49.1 Å². The third kappa shape index (κ3) is 6.67. The molecule has 0 aromatic rings. The van der Waals surface area contributed by atoms with Crippen LogP contribution in [0.25, 0.3) is 0 Å². The summed E-state index contributed by atoms with van der Waals surface area (Å²) in [6, 6.07) is 0. The molecular formula is C32H59IN2O4. The van der Waals surface area contributed by atoms with Crippen LogP contribution in [0.3, 0.4) is 0 Å². The Balaban J connectivity index is 0.00000420. The molecule has 4 saturated carbocycles. The molecule has 0 aromatic heterocycles. The van der Waals surface area contributed by atoms with Gasteiger partial charge in [-0.2, -0.15) is 0 Å². The van der Waals surface area contributed by atoms with E-state index < -0.39 is 0 Å². The molecule has 228 valence electrons. The van der Waals surface area contributed by atoms with Crippen molar-refractivity contribution in [2.75, 3.05) is 33.7 Å². The molecule has 0 saturated heterocycles. The number of aliphatic hydroxyl groups is 3. The number of nitrogens with one attached hydrogen (secondary N) is 1. The Morgan fingerprint density at radius 3 is 2.44 bits per heavy atom. The van der Waals surface area contributed by atoms with E-state index in [1.807, 2.05) is 0 Å². The highest BCUT2D eigenvalue weighted by atomic mass is 127. The zero-order valence-corrected chi connectivity index (χ0v) is 27.8. The highest BCUT2D eigenvalue weighted by Crippen LogP contribution is 2.68. The third-order valence-corrected chi connectivity index (χ3v) is 12.5.